The van der Waals surface area contributed by atoms with E-state index in [9.17, 15) is 18.4 Å². The molecule has 0 bridgehead atoms. The normalized spacial score (nSPS) is 14.0. The van der Waals surface area contributed by atoms with Gasteiger partial charge in [0.15, 0.2) is 11.6 Å². The molecule has 1 saturated heterocycles. The largest absolute Gasteiger partial charge is 0.492 e. The lowest BCUT2D eigenvalue weighted by Crippen LogP contribution is -2.50. The molecule has 1 aliphatic heterocycles. The van der Waals surface area contributed by atoms with Crippen LogP contribution in [0, 0.1) is 11.6 Å². The molecule has 30 heavy (non-hydrogen) atoms. The molecule has 1 heterocycles. The zero-order valence-corrected chi connectivity index (χ0v) is 17.6. The fourth-order valence-corrected chi connectivity index (χ4v) is 3.48. The Balaban J connectivity index is 1.42. The van der Waals surface area contributed by atoms with Crippen molar-refractivity contribution in [2.24, 2.45) is 0 Å². The highest BCUT2D eigenvalue weighted by Crippen LogP contribution is 2.31. The van der Waals surface area contributed by atoms with Gasteiger partial charge in [0, 0.05) is 38.2 Å². The molecule has 0 aliphatic carbocycles. The van der Waals surface area contributed by atoms with Gasteiger partial charge in [0.2, 0.25) is 5.91 Å². The lowest BCUT2D eigenvalue weighted by atomic mass is 10.1. The Labute approximate surface area is 183 Å². The van der Waals surface area contributed by atoms with Crippen molar-refractivity contribution >= 4 is 35.0 Å². The van der Waals surface area contributed by atoms with Crippen LogP contribution in [0.2, 0.25) is 10.0 Å². The Morgan fingerprint density at radius 2 is 1.67 bits per heavy atom. The number of rotatable bonds is 6. The summed E-state index contributed by atoms with van der Waals surface area (Å²) in [5.41, 5.74) is 0.0884. The minimum atomic E-state index is -1.06. The molecule has 2 amide bonds. The van der Waals surface area contributed by atoms with E-state index in [4.69, 9.17) is 27.9 Å². The van der Waals surface area contributed by atoms with E-state index in [1.165, 1.54) is 11.0 Å². The van der Waals surface area contributed by atoms with Crippen molar-refractivity contribution in [2.45, 2.75) is 12.8 Å². The van der Waals surface area contributed by atoms with Crippen LogP contribution in [-0.4, -0.2) is 54.4 Å². The highest BCUT2D eigenvalue weighted by Gasteiger charge is 2.25. The molecule has 1 aliphatic rings. The third-order valence-electron chi connectivity index (χ3n) is 4.79. The molecule has 0 atom stereocenters. The molecule has 2 aromatic carbocycles. The van der Waals surface area contributed by atoms with Gasteiger partial charge in [-0.1, -0.05) is 29.3 Å². The van der Waals surface area contributed by atoms with Crippen molar-refractivity contribution in [2.75, 3.05) is 32.8 Å². The van der Waals surface area contributed by atoms with E-state index < -0.39 is 11.6 Å². The zero-order chi connectivity index (χ0) is 21.7. The van der Waals surface area contributed by atoms with Crippen LogP contribution < -0.4 is 4.74 Å². The molecule has 3 rings (SSSR count). The maximum Gasteiger partial charge on any atom is 0.254 e. The van der Waals surface area contributed by atoms with Gasteiger partial charge < -0.3 is 14.5 Å². The van der Waals surface area contributed by atoms with Crippen LogP contribution in [0.5, 0.6) is 5.75 Å². The molecular weight excluding hydrogens is 437 g/mol. The molecule has 1 fully saturated rings. The van der Waals surface area contributed by atoms with Crippen molar-refractivity contribution in [3.8, 4) is 5.75 Å². The fraction of sp³-hybridized carbons (Fsp3) is 0.333. The average molecular weight is 457 g/mol. The topological polar surface area (TPSA) is 49.9 Å². The summed E-state index contributed by atoms with van der Waals surface area (Å²) >= 11 is 12.0. The SMILES string of the molecule is O=C(CCCOc1cccc(Cl)c1Cl)N1CCN(C(=O)c2ccc(F)c(F)c2)CC1. The monoisotopic (exact) mass is 456 g/mol. The van der Waals surface area contributed by atoms with Gasteiger partial charge in [-0.2, -0.15) is 0 Å². The number of carbonyl (C=O) groups is 2. The second kappa shape index (κ2) is 10.1. The van der Waals surface area contributed by atoms with Crippen LogP contribution in [-0.2, 0) is 4.79 Å². The van der Waals surface area contributed by atoms with Crippen LogP contribution >= 0.6 is 23.2 Å². The van der Waals surface area contributed by atoms with E-state index in [1.54, 1.807) is 23.1 Å². The van der Waals surface area contributed by atoms with Crippen molar-refractivity contribution in [1.82, 2.24) is 9.80 Å². The molecule has 0 saturated carbocycles. The van der Waals surface area contributed by atoms with Gasteiger partial charge in [-0.3, -0.25) is 9.59 Å². The van der Waals surface area contributed by atoms with Crippen molar-refractivity contribution in [3.05, 3.63) is 63.6 Å². The van der Waals surface area contributed by atoms with Gasteiger partial charge in [0.1, 0.15) is 10.8 Å². The molecule has 2 aromatic rings. The third kappa shape index (κ3) is 5.40. The first-order valence-corrected chi connectivity index (χ1v) is 10.2. The summed E-state index contributed by atoms with van der Waals surface area (Å²) in [4.78, 5) is 28.0. The number of piperazine rings is 1. The van der Waals surface area contributed by atoms with Crippen molar-refractivity contribution in [1.29, 1.82) is 0 Å². The summed E-state index contributed by atoms with van der Waals surface area (Å²) in [6.07, 6.45) is 0.810. The number of nitrogens with zero attached hydrogens (tertiary/aromatic N) is 2. The Morgan fingerprint density at radius 3 is 2.37 bits per heavy atom. The van der Waals surface area contributed by atoms with Crippen molar-refractivity contribution < 1.29 is 23.1 Å². The summed E-state index contributed by atoms with van der Waals surface area (Å²) in [6.45, 7) is 1.75. The van der Waals surface area contributed by atoms with E-state index in [2.05, 4.69) is 0 Å². The Kier molecular flexibility index (Phi) is 7.50. The minimum Gasteiger partial charge on any atom is -0.492 e. The number of amides is 2. The predicted molar refractivity (Wildman–Crippen MR) is 110 cm³/mol. The second-order valence-corrected chi connectivity index (χ2v) is 7.59. The van der Waals surface area contributed by atoms with E-state index in [-0.39, 0.29) is 17.4 Å². The van der Waals surface area contributed by atoms with Crippen LogP contribution in [0.3, 0.4) is 0 Å². The van der Waals surface area contributed by atoms with E-state index >= 15 is 0 Å². The first kappa shape index (κ1) is 22.3. The lowest BCUT2D eigenvalue weighted by Gasteiger charge is -2.35. The number of carbonyl (C=O) groups excluding carboxylic acids is 2. The molecular formula is C21H20Cl2F2N2O3. The second-order valence-electron chi connectivity index (χ2n) is 6.81. The van der Waals surface area contributed by atoms with E-state index in [1.807, 2.05) is 0 Å². The summed E-state index contributed by atoms with van der Waals surface area (Å²) in [5.74, 6) is -2.00. The number of halogens is 4. The van der Waals surface area contributed by atoms with Gasteiger partial charge in [-0.05, 0) is 36.8 Å². The molecule has 0 aromatic heterocycles. The van der Waals surface area contributed by atoms with Gasteiger partial charge >= 0.3 is 0 Å². The summed E-state index contributed by atoms with van der Waals surface area (Å²) in [6, 6.07) is 8.18. The quantitative estimate of drug-likeness (QED) is 0.604. The molecule has 0 spiro atoms. The van der Waals surface area contributed by atoms with Crippen LogP contribution in [0.1, 0.15) is 23.2 Å². The Bertz CT molecular complexity index is 934. The van der Waals surface area contributed by atoms with E-state index in [0.717, 1.165) is 12.1 Å². The average Bonchev–Trinajstić information content (AvgIpc) is 2.75. The number of ether oxygens (including phenoxy) is 1. The van der Waals surface area contributed by atoms with Crippen LogP contribution in [0.25, 0.3) is 0 Å². The minimum absolute atomic E-state index is 0.0317. The van der Waals surface area contributed by atoms with Gasteiger partial charge in [-0.15, -0.1) is 0 Å². The summed E-state index contributed by atoms with van der Waals surface area (Å²) in [7, 11) is 0. The molecule has 0 radical (unpaired) electrons. The summed E-state index contributed by atoms with van der Waals surface area (Å²) < 4.78 is 32.0. The summed E-state index contributed by atoms with van der Waals surface area (Å²) in [5, 5.41) is 0.744. The molecule has 0 N–H and O–H groups in total. The smallest absolute Gasteiger partial charge is 0.254 e. The maximum absolute atomic E-state index is 13.3. The van der Waals surface area contributed by atoms with Crippen molar-refractivity contribution in [3.63, 3.8) is 0 Å². The third-order valence-corrected chi connectivity index (χ3v) is 5.60. The predicted octanol–water partition coefficient (Wildman–Crippen LogP) is 4.42. The van der Waals surface area contributed by atoms with Gasteiger partial charge in [0.05, 0.1) is 11.6 Å². The van der Waals surface area contributed by atoms with Gasteiger partial charge in [0.25, 0.3) is 5.91 Å². The van der Waals surface area contributed by atoms with Crippen LogP contribution in [0.15, 0.2) is 36.4 Å². The standard InChI is InChI=1S/C21H20Cl2F2N2O3/c22-15-3-1-4-18(20(15)23)30-12-2-5-19(28)26-8-10-27(11-9-26)21(29)14-6-7-16(24)17(25)13-14/h1,3-4,6-7,13H,2,5,8-12H2. The number of hydrogen-bond donors (Lipinski definition) is 0. The molecule has 9 heteroatoms. The number of benzene rings is 2. The highest BCUT2D eigenvalue weighted by atomic mass is 35.5. The van der Waals surface area contributed by atoms with Crippen LogP contribution in [0.4, 0.5) is 8.78 Å². The molecule has 0 unspecified atom stereocenters. The first-order valence-electron chi connectivity index (χ1n) is 9.45. The number of hydrogen-bond acceptors (Lipinski definition) is 3. The zero-order valence-electron chi connectivity index (χ0n) is 16.0. The van der Waals surface area contributed by atoms with Gasteiger partial charge in [-0.25, -0.2) is 8.78 Å². The Morgan fingerprint density at radius 1 is 0.967 bits per heavy atom. The fourth-order valence-electron chi connectivity index (χ4n) is 3.13. The first-order chi connectivity index (χ1) is 14.4. The highest BCUT2D eigenvalue weighted by molar-refractivity contribution is 6.42. The lowest BCUT2D eigenvalue weighted by molar-refractivity contribution is -0.132. The van der Waals surface area contributed by atoms with E-state index in [0.29, 0.717) is 61.4 Å². The Hall–Kier alpha value is -2.38. The molecule has 160 valence electrons. The maximum atomic E-state index is 13.3. The molecule has 5 nitrogen and oxygen atoms in total.